The van der Waals surface area contributed by atoms with Crippen LogP contribution in [0.4, 0.5) is 0 Å². The summed E-state index contributed by atoms with van der Waals surface area (Å²) in [5.74, 6) is -0.835. The molecule has 0 saturated heterocycles. The van der Waals surface area contributed by atoms with Gasteiger partial charge in [-0.3, -0.25) is 0 Å². The number of hydrogen-bond donors (Lipinski definition) is 1. The molecule has 1 heterocycles. The number of thioether (sulfide) groups is 1. The van der Waals surface area contributed by atoms with Gasteiger partial charge in [0, 0.05) is 0 Å². The van der Waals surface area contributed by atoms with E-state index in [1.165, 1.54) is 11.3 Å². The fourth-order valence-corrected chi connectivity index (χ4v) is 2.50. The first-order chi connectivity index (χ1) is 5.15. The SMILES string of the molecule is CSc1sc(C(=O)O)cc1C. The van der Waals surface area contributed by atoms with Gasteiger partial charge < -0.3 is 5.11 Å². The standard InChI is InChI=1S/C7H8O2S2/c1-4-3-5(6(8)9)11-7(4)10-2/h3H,1-2H3,(H,8,9). The van der Waals surface area contributed by atoms with E-state index in [4.69, 9.17) is 5.11 Å². The minimum Gasteiger partial charge on any atom is -0.477 e. The molecule has 1 N–H and O–H groups in total. The first-order valence-corrected chi connectivity index (χ1v) is 5.07. The summed E-state index contributed by atoms with van der Waals surface area (Å²) in [6.07, 6.45) is 1.95. The van der Waals surface area contributed by atoms with Crippen molar-refractivity contribution >= 4 is 29.1 Å². The molecule has 4 heteroatoms. The molecule has 0 bridgehead atoms. The van der Waals surface area contributed by atoms with Gasteiger partial charge in [-0.1, -0.05) is 0 Å². The zero-order valence-corrected chi connectivity index (χ0v) is 7.88. The van der Waals surface area contributed by atoms with E-state index in [1.54, 1.807) is 17.8 Å². The van der Waals surface area contributed by atoms with Crippen LogP contribution in [0.1, 0.15) is 15.2 Å². The van der Waals surface area contributed by atoms with E-state index >= 15 is 0 Å². The van der Waals surface area contributed by atoms with Crippen molar-refractivity contribution in [1.82, 2.24) is 0 Å². The third kappa shape index (κ3) is 1.75. The molecule has 0 fully saturated rings. The monoisotopic (exact) mass is 188 g/mol. The Balaban J connectivity index is 3.05. The van der Waals surface area contributed by atoms with Crippen LogP contribution in [0.2, 0.25) is 0 Å². The van der Waals surface area contributed by atoms with Crippen molar-refractivity contribution in [2.24, 2.45) is 0 Å². The van der Waals surface area contributed by atoms with Crippen molar-refractivity contribution < 1.29 is 9.90 Å². The molecule has 0 aromatic carbocycles. The van der Waals surface area contributed by atoms with Crippen LogP contribution >= 0.6 is 23.1 Å². The molecule has 0 saturated carbocycles. The molecule has 2 nitrogen and oxygen atoms in total. The van der Waals surface area contributed by atoms with Crippen molar-refractivity contribution in [1.29, 1.82) is 0 Å². The van der Waals surface area contributed by atoms with Crippen LogP contribution in [-0.4, -0.2) is 17.3 Å². The highest BCUT2D eigenvalue weighted by atomic mass is 32.2. The molecule has 0 aliphatic heterocycles. The molecule has 0 spiro atoms. The van der Waals surface area contributed by atoms with E-state index in [0.717, 1.165) is 9.77 Å². The number of aromatic carboxylic acids is 1. The third-order valence-electron chi connectivity index (χ3n) is 1.27. The highest BCUT2D eigenvalue weighted by Crippen LogP contribution is 2.29. The molecule has 0 aliphatic carbocycles. The lowest BCUT2D eigenvalue weighted by Crippen LogP contribution is -1.89. The normalized spacial score (nSPS) is 10.0. The second-order valence-electron chi connectivity index (χ2n) is 2.09. The van der Waals surface area contributed by atoms with Crippen LogP contribution in [-0.2, 0) is 0 Å². The maximum absolute atomic E-state index is 10.5. The van der Waals surface area contributed by atoms with E-state index in [2.05, 4.69) is 0 Å². The summed E-state index contributed by atoms with van der Waals surface area (Å²) in [4.78, 5) is 10.9. The van der Waals surface area contributed by atoms with E-state index < -0.39 is 5.97 Å². The molecule has 1 rings (SSSR count). The summed E-state index contributed by atoms with van der Waals surface area (Å²) >= 11 is 2.92. The van der Waals surface area contributed by atoms with Gasteiger partial charge in [-0.15, -0.1) is 23.1 Å². The molecular weight excluding hydrogens is 180 g/mol. The predicted molar refractivity (Wildman–Crippen MR) is 47.8 cm³/mol. The number of rotatable bonds is 2. The minimum atomic E-state index is -0.835. The Morgan fingerprint density at radius 1 is 1.73 bits per heavy atom. The Morgan fingerprint density at radius 3 is 2.64 bits per heavy atom. The third-order valence-corrected chi connectivity index (χ3v) is 3.73. The number of carbonyl (C=O) groups is 1. The molecule has 0 unspecified atom stereocenters. The second-order valence-corrected chi connectivity index (χ2v) is 4.22. The van der Waals surface area contributed by atoms with E-state index in [0.29, 0.717) is 4.88 Å². The van der Waals surface area contributed by atoms with E-state index in [-0.39, 0.29) is 0 Å². The summed E-state index contributed by atoms with van der Waals surface area (Å²) in [7, 11) is 0. The van der Waals surface area contributed by atoms with Crippen LogP contribution < -0.4 is 0 Å². The summed E-state index contributed by atoms with van der Waals surface area (Å²) in [5.41, 5.74) is 1.06. The summed E-state index contributed by atoms with van der Waals surface area (Å²) in [6.45, 7) is 1.93. The van der Waals surface area contributed by atoms with Crippen molar-refractivity contribution in [3.05, 3.63) is 16.5 Å². The van der Waals surface area contributed by atoms with Crippen molar-refractivity contribution in [2.45, 2.75) is 11.1 Å². The van der Waals surface area contributed by atoms with Gasteiger partial charge in [-0.2, -0.15) is 0 Å². The molecule has 0 radical (unpaired) electrons. The van der Waals surface area contributed by atoms with E-state index in [1.807, 2.05) is 13.2 Å². The van der Waals surface area contributed by atoms with Gasteiger partial charge in [0.25, 0.3) is 0 Å². The van der Waals surface area contributed by atoms with E-state index in [9.17, 15) is 4.79 Å². The maximum Gasteiger partial charge on any atom is 0.345 e. The topological polar surface area (TPSA) is 37.3 Å². The highest BCUT2D eigenvalue weighted by Gasteiger charge is 2.09. The number of carboxylic acid groups (broad SMARTS) is 1. The van der Waals surface area contributed by atoms with Crippen molar-refractivity contribution in [3.63, 3.8) is 0 Å². The molecule has 11 heavy (non-hydrogen) atoms. The molecule has 1 aromatic rings. The van der Waals surface area contributed by atoms with Gasteiger partial charge in [-0.25, -0.2) is 4.79 Å². The van der Waals surface area contributed by atoms with Crippen LogP contribution in [0.25, 0.3) is 0 Å². The van der Waals surface area contributed by atoms with Crippen LogP contribution in [0, 0.1) is 6.92 Å². The number of aryl methyl sites for hydroxylation is 1. The fraction of sp³-hybridized carbons (Fsp3) is 0.286. The lowest BCUT2D eigenvalue weighted by atomic mass is 10.3. The number of thiophene rings is 1. The Hall–Kier alpha value is -0.480. The largest absolute Gasteiger partial charge is 0.477 e. The second kappa shape index (κ2) is 3.28. The van der Waals surface area contributed by atoms with Gasteiger partial charge in [0.15, 0.2) is 0 Å². The summed E-state index contributed by atoms with van der Waals surface area (Å²) < 4.78 is 1.09. The van der Waals surface area contributed by atoms with Gasteiger partial charge in [0.05, 0.1) is 4.21 Å². The zero-order valence-electron chi connectivity index (χ0n) is 6.25. The molecule has 60 valence electrons. The number of carboxylic acids is 1. The number of hydrogen-bond acceptors (Lipinski definition) is 3. The summed E-state index contributed by atoms with van der Waals surface area (Å²) in [6, 6.07) is 1.71. The average Bonchev–Trinajstić information content (AvgIpc) is 2.31. The van der Waals surface area contributed by atoms with Gasteiger partial charge in [0.1, 0.15) is 4.88 Å². The molecule has 0 atom stereocenters. The fourth-order valence-electron chi connectivity index (χ4n) is 0.773. The molecule has 0 amide bonds. The van der Waals surface area contributed by atoms with Gasteiger partial charge >= 0.3 is 5.97 Å². The molecule has 0 aliphatic rings. The molecular formula is C7H8O2S2. The quantitative estimate of drug-likeness (QED) is 0.724. The van der Waals surface area contributed by atoms with Gasteiger partial charge in [0.2, 0.25) is 0 Å². The van der Waals surface area contributed by atoms with Crippen molar-refractivity contribution in [2.75, 3.05) is 6.26 Å². The molecule has 1 aromatic heterocycles. The minimum absolute atomic E-state index is 0.423. The van der Waals surface area contributed by atoms with Crippen LogP contribution in [0.15, 0.2) is 10.3 Å². The lowest BCUT2D eigenvalue weighted by molar-refractivity contribution is 0.0702. The zero-order chi connectivity index (χ0) is 8.43. The lowest BCUT2D eigenvalue weighted by Gasteiger charge is -1.87. The highest BCUT2D eigenvalue weighted by molar-refractivity contribution is 8.00. The van der Waals surface area contributed by atoms with Crippen molar-refractivity contribution in [3.8, 4) is 0 Å². The smallest absolute Gasteiger partial charge is 0.345 e. The first-order valence-electron chi connectivity index (χ1n) is 3.03. The Kier molecular flexibility index (Phi) is 2.57. The first kappa shape index (κ1) is 8.62. The maximum atomic E-state index is 10.5. The van der Waals surface area contributed by atoms with Gasteiger partial charge in [-0.05, 0) is 24.8 Å². The Morgan fingerprint density at radius 2 is 2.36 bits per heavy atom. The van der Waals surface area contributed by atoms with Crippen LogP contribution in [0.5, 0.6) is 0 Å². The Labute approximate surface area is 73.2 Å². The average molecular weight is 188 g/mol. The predicted octanol–water partition coefficient (Wildman–Crippen LogP) is 2.48. The Bertz CT molecular complexity index is 278. The summed E-state index contributed by atoms with van der Waals surface area (Å²) in [5, 5.41) is 8.62. The van der Waals surface area contributed by atoms with Crippen LogP contribution in [0.3, 0.4) is 0 Å².